The maximum Gasteiger partial charge on any atom is 0.200 e. The third-order valence-corrected chi connectivity index (χ3v) is 3.56. The molecule has 0 unspecified atom stereocenters. The highest BCUT2D eigenvalue weighted by Gasteiger charge is 2.18. The minimum atomic E-state index is -0.589. The van der Waals surface area contributed by atoms with Crippen LogP contribution in [0.1, 0.15) is 24.2 Å². The molecule has 1 aliphatic carbocycles. The summed E-state index contributed by atoms with van der Waals surface area (Å²) < 4.78 is 5.71. The third-order valence-electron chi connectivity index (χ3n) is 3.56. The molecule has 20 heavy (non-hydrogen) atoms. The number of hydrogen-bond acceptors (Lipinski definition) is 5. The van der Waals surface area contributed by atoms with Crippen LogP contribution >= 0.6 is 0 Å². The Kier molecular flexibility index (Phi) is 2.89. The van der Waals surface area contributed by atoms with Gasteiger partial charge in [-0.3, -0.25) is 4.79 Å². The summed E-state index contributed by atoms with van der Waals surface area (Å²) in [6.45, 7) is 0. The molecular weight excluding hydrogens is 260 g/mol. The van der Waals surface area contributed by atoms with Crippen LogP contribution in [0.15, 0.2) is 27.4 Å². The second-order valence-electron chi connectivity index (χ2n) is 4.95. The lowest BCUT2D eigenvalue weighted by atomic mass is 9.96. The zero-order valence-electron chi connectivity index (χ0n) is 10.7. The van der Waals surface area contributed by atoms with Gasteiger partial charge in [0.05, 0.1) is 0 Å². The van der Waals surface area contributed by atoms with Crippen molar-refractivity contribution >= 4 is 0 Å². The fraction of sp³-hybridized carbons (Fsp3) is 0.267. The highest BCUT2D eigenvalue weighted by molar-refractivity contribution is 5.66. The summed E-state index contributed by atoms with van der Waals surface area (Å²) in [5, 5.41) is 28.4. The summed E-state index contributed by atoms with van der Waals surface area (Å²) >= 11 is 0. The molecule has 0 atom stereocenters. The van der Waals surface area contributed by atoms with Crippen LogP contribution in [0.4, 0.5) is 0 Å². The van der Waals surface area contributed by atoms with E-state index >= 15 is 0 Å². The third kappa shape index (κ3) is 2.01. The monoisotopic (exact) mass is 274 g/mol. The number of fused-ring (bicyclic) bond motifs is 1. The Balaban J connectivity index is 2.16. The zero-order chi connectivity index (χ0) is 14.3. The quantitative estimate of drug-likeness (QED) is 0.694. The number of aryl methyl sites for hydroxylation is 1. The van der Waals surface area contributed by atoms with Gasteiger partial charge in [0.1, 0.15) is 11.5 Å². The van der Waals surface area contributed by atoms with Gasteiger partial charge in [-0.25, -0.2) is 0 Å². The first-order valence-corrected chi connectivity index (χ1v) is 6.47. The van der Waals surface area contributed by atoms with Crippen molar-refractivity contribution in [3.63, 3.8) is 0 Å². The largest absolute Gasteiger partial charge is 0.504 e. The van der Waals surface area contributed by atoms with Crippen LogP contribution in [0, 0.1) is 0 Å². The minimum absolute atomic E-state index is 0.0898. The van der Waals surface area contributed by atoms with Crippen LogP contribution < -0.4 is 5.43 Å². The van der Waals surface area contributed by atoms with E-state index in [1.165, 1.54) is 18.2 Å². The lowest BCUT2D eigenvalue weighted by Gasteiger charge is -2.14. The number of hydrogen-bond donors (Lipinski definition) is 3. The van der Waals surface area contributed by atoms with Crippen molar-refractivity contribution < 1.29 is 19.7 Å². The second kappa shape index (κ2) is 4.59. The molecule has 0 fully saturated rings. The number of aromatic hydroxyl groups is 3. The average molecular weight is 274 g/mol. The topological polar surface area (TPSA) is 90.9 Å². The number of rotatable bonds is 1. The molecule has 0 spiro atoms. The predicted octanol–water partition coefficient (Wildman–Crippen LogP) is 2.30. The molecule has 0 aliphatic heterocycles. The van der Waals surface area contributed by atoms with Crippen molar-refractivity contribution in [1.29, 1.82) is 0 Å². The predicted molar refractivity (Wildman–Crippen MR) is 72.1 cm³/mol. The molecule has 0 bridgehead atoms. The van der Waals surface area contributed by atoms with Crippen LogP contribution in [-0.2, 0) is 12.8 Å². The maximum atomic E-state index is 12.1. The summed E-state index contributed by atoms with van der Waals surface area (Å²) in [6, 6.07) is 3.86. The molecule has 0 saturated heterocycles. The molecule has 5 nitrogen and oxygen atoms in total. The smallest absolute Gasteiger partial charge is 0.200 e. The van der Waals surface area contributed by atoms with Crippen molar-refractivity contribution in [2.75, 3.05) is 0 Å². The van der Waals surface area contributed by atoms with Crippen molar-refractivity contribution in [2.24, 2.45) is 0 Å². The number of phenols is 3. The SMILES string of the molecule is O=c1cc(-c2cc(O)c(O)c(O)c2)oc2c1CCCC2. The van der Waals surface area contributed by atoms with E-state index in [-0.39, 0.29) is 11.2 Å². The highest BCUT2D eigenvalue weighted by Crippen LogP contribution is 2.39. The van der Waals surface area contributed by atoms with Crippen LogP contribution in [0.2, 0.25) is 0 Å². The zero-order valence-corrected chi connectivity index (χ0v) is 10.7. The number of benzene rings is 1. The second-order valence-corrected chi connectivity index (χ2v) is 4.95. The summed E-state index contributed by atoms with van der Waals surface area (Å²) in [4.78, 5) is 12.1. The van der Waals surface area contributed by atoms with E-state index in [4.69, 9.17) is 4.42 Å². The molecule has 0 saturated carbocycles. The minimum Gasteiger partial charge on any atom is -0.504 e. The Bertz CT molecular complexity index is 707. The van der Waals surface area contributed by atoms with E-state index in [9.17, 15) is 20.1 Å². The Labute approximate surface area is 114 Å². The fourth-order valence-electron chi connectivity index (χ4n) is 2.51. The van der Waals surface area contributed by atoms with Crippen LogP contribution in [-0.4, -0.2) is 15.3 Å². The van der Waals surface area contributed by atoms with Gasteiger partial charge < -0.3 is 19.7 Å². The normalized spacial score (nSPS) is 14.0. The highest BCUT2D eigenvalue weighted by atomic mass is 16.3. The van der Waals surface area contributed by atoms with Gasteiger partial charge in [-0.2, -0.15) is 0 Å². The fourth-order valence-corrected chi connectivity index (χ4v) is 2.51. The van der Waals surface area contributed by atoms with E-state index in [2.05, 4.69) is 0 Å². The summed E-state index contributed by atoms with van der Waals surface area (Å²) in [5.74, 6) is -0.554. The van der Waals surface area contributed by atoms with Gasteiger partial charge in [-0.05, 0) is 31.4 Å². The average Bonchev–Trinajstić information content (AvgIpc) is 2.44. The van der Waals surface area contributed by atoms with Gasteiger partial charge in [0, 0.05) is 23.6 Å². The van der Waals surface area contributed by atoms with Gasteiger partial charge in [-0.15, -0.1) is 0 Å². The standard InChI is InChI=1S/C15H14O5/c16-10-7-14(20-13-4-2-1-3-9(10)13)8-5-11(17)15(19)12(18)6-8/h5-7,17-19H,1-4H2. The molecule has 5 heteroatoms. The molecule has 1 heterocycles. The molecule has 3 rings (SSSR count). The number of phenolic OH excluding ortho intramolecular Hbond substituents is 3. The van der Waals surface area contributed by atoms with Gasteiger partial charge in [-0.1, -0.05) is 0 Å². The Morgan fingerprint density at radius 3 is 2.30 bits per heavy atom. The summed E-state index contributed by atoms with van der Waals surface area (Å²) in [5.41, 5.74) is 0.975. The molecule has 2 aromatic rings. The lowest BCUT2D eigenvalue weighted by molar-refractivity contribution is 0.368. The summed E-state index contributed by atoms with van der Waals surface area (Å²) in [7, 11) is 0. The van der Waals surface area contributed by atoms with Crippen LogP contribution in [0.3, 0.4) is 0 Å². The van der Waals surface area contributed by atoms with E-state index in [0.717, 1.165) is 19.3 Å². The van der Waals surface area contributed by atoms with Crippen molar-refractivity contribution in [2.45, 2.75) is 25.7 Å². The van der Waals surface area contributed by atoms with Gasteiger partial charge >= 0.3 is 0 Å². The van der Waals surface area contributed by atoms with Crippen molar-refractivity contribution in [1.82, 2.24) is 0 Å². The lowest BCUT2D eigenvalue weighted by Crippen LogP contribution is -2.15. The van der Waals surface area contributed by atoms with Crippen LogP contribution in [0.5, 0.6) is 17.2 Å². The summed E-state index contributed by atoms with van der Waals surface area (Å²) in [6.07, 6.45) is 3.40. The Morgan fingerprint density at radius 2 is 1.60 bits per heavy atom. The maximum absolute atomic E-state index is 12.1. The molecule has 1 aromatic carbocycles. The molecular formula is C15H14O5. The van der Waals surface area contributed by atoms with E-state index in [1.54, 1.807) is 0 Å². The molecule has 1 aliphatic rings. The van der Waals surface area contributed by atoms with Crippen LogP contribution in [0.25, 0.3) is 11.3 Å². The van der Waals surface area contributed by atoms with E-state index < -0.39 is 17.2 Å². The van der Waals surface area contributed by atoms with Gasteiger partial charge in [0.2, 0.25) is 0 Å². The van der Waals surface area contributed by atoms with Crippen molar-refractivity contribution in [3.8, 4) is 28.6 Å². The first-order chi connectivity index (χ1) is 9.56. The molecule has 1 aromatic heterocycles. The van der Waals surface area contributed by atoms with Crippen molar-refractivity contribution in [3.05, 3.63) is 39.7 Å². The molecule has 104 valence electrons. The Hall–Kier alpha value is -2.43. The van der Waals surface area contributed by atoms with E-state index in [1.807, 2.05) is 0 Å². The molecule has 0 amide bonds. The first kappa shape index (κ1) is 12.6. The molecule has 3 N–H and O–H groups in total. The molecule has 0 radical (unpaired) electrons. The first-order valence-electron chi connectivity index (χ1n) is 6.47. The van der Waals surface area contributed by atoms with E-state index in [0.29, 0.717) is 23.3 Å². The Morgan fingerprint density at radius 1 is 0.950 bits per heavy atom. The van der Waals surface area contributed by atoms with Gasteiger partial charge in [0.15, 0.2) is 22.7 Å². The van der Waals surface area contributed by atoms with Gasteiger partial charge in [0.25, 0.3) is 0 Å².